The maximum atomic E-state index is 12.8. The molecule has 1 heterocycles. The van der Waals surface area contributed by atoms with Gasteiger partial charge in [-0.2, -0.15) is 0 Å². The second-order valence-electron chi connectivity index (χ2n) is 5.05. The van der Waals surface area contributed by atoms with E-state index < -0.39 is 6.03 Å². The van der Waals surface area contributed by atoms with E-state index in [1.165, 1.54) is 4.68 Å². The van der Waals surface area contributed by atoms with E-state index in [1.807, 2.05) is 60.7 Å². The summed E-state index contributed by atoms with van der Waals surface area (Å²) in [6.45, 7) is 1.76. The first-order chi connectivity index (χ1) is 11.1. The summed E-state index contributed by atoms with van der Waals surface area (Å²) in [5, 5.41) is 2.43. The lowest BCUT2D eigenvalue weighted by molar-refractivity contribution is 0.259. The Kier molecular flexibility index (Phi) is 3.72. The predicted octanol–water partition coefficient (Wildman–Crippen LogP) is 2.43. The highest BCUT2D eigenvalue weighted by molar-refractivity contribution is 5.88. The molecular formula is C17H16N4O2. The lowest BCUT2D eigenvalue weighted by atomic mass is 10.3. The molecule has 2 amide bonds. The average molecular weight is 308 g/mol. The van der Waals surface area contributed by atoms with Crippen molar-refractivity contribution in [2.24, 2.45) is 5.73 Å². The highest BCUT2D eigenvalue weighted by Crippen LogP contribution is 2.20. The number of nitrogens with zero attached hydrogens (tertiary/aromatic N) is 2. The SMILES string of the molecule is Cc1c(NC(N)=O)c(=O)n(-c2ccccc2)n1-c1ccccc1. The Balaban J connectivity index is 2.33. The summed E-state index contributed by atoms with van der Waals surface area (Å²) in [4.78, 5) is 24.0. The number of benzene rings is 2. The van der Waals surface area contributed by atoms with Gasteiger partial charge in [-0.1, -0.05) is 36.4 Å². The van der Waals surface area contributed by atoms with Gasteiger partial charge >= 0.3 is 6.03 Å². The lowest BCUT2D eigenvalue weighted by Crippen LogP contribution is -2.25. The van der Waals surface area contributed by atoms with Gasteiger partial charge in [-0.3, -0.25) is 4.79 Å². The molecule has 6 heteroatoms. The zero-order valence-electron chi connectivity index (χ0n) is 12.6. The summed E-state index contributed by atoms with van der Waals surface area (Å²) in [5.41, 5.74) is 7.13. The van der Waals surface area contributed by atoms with E-state index in [1.54, 1.807) is 11.6 Å². The molecule has 0 saturated heterocycles. The van der Waals surface area contributed by atoms with Gasteiger partial charge in [-0.15, -0.1) is 0 Å². The van der Waals surface area contributed by atoms with Crippen LogP contribution in [0.5, 0.6) is 0 Å². The molecule has 3 rings (SSSR count). The second-order valence-corrected chi connectivity index (χ2v) is 5.05. The van der Waals surface area contributed by atoms with Gasteiger partial charge in [-0.25, -0.2) is 14.2 Å². The number of rotatable bonds is 3. The Morgan fingerprint density at radius 3 is 1.87 bits per heavy atom. The summed E-state index contributed by atoms with van der Waals surface area (Å²) in [6, 6.07) is 17.9. The minimum absolute atomic E-state index is 0.171. The van der Waals surface area contributed by atoms with Crippen molar-refractivity contribution in [2.75, 3.05) is 5.32 Å². The van der Waals surface area contributed by atoms with E-state index >= 15 is 0 Å². The van der Waals surface area contributed by atoms with Crippen LogP contribution in [0.15, 0.2) is 65.5 Å². The molecule has 3 aromatic rings. The first kappa shape index (κ1) is 14.6. The fraction of sp³-hybridized carbons (Fsp3) is 0.0588. The zero-order valence-corrected chi connectivity index (χ0v) is 12.6. The van der Waals surface area contributed by atoms with Crippen LogP contribution in [0.25, 0.3) is 11.4 Å². The number of primary amides is 1. The molecule has 0 aliphatic carbocycles. The van der Waals surface area contributed by atoms with Crippen LogP contribution in [0.4, 0.5) is 10.5 Å². The van der Waals surface area contributed by atoms with Gasteiger partial charge in [0.25, 0.3) is 5.56 Å². The fourth-order valence-electron chi connectivity index (χ4n) is 2.55. The molecule has 1 aromatic heterocycles. The summed E-state index contributed by atoms with van der Waals surface area (Å²) in [6.07, 6.45) is 0. The molecule has 0 radical (unpaired) electrons. The summed E-state index contributed by atoms with van der Waals surface area (Å²) < 4.78 is 3.26. The van der Waals surface area contributed by atoms with Gasteiger partial charge in [0.2, 0.25) is 0 Å². The number of nitrogens with one attached hydrogen (secondary N) is 1. The van der Waals surface area contributed by atoms with E-state index in [0.29, 0.717) is 11.4 Å². The van der Waals surface area contributed by atoms with Crippen LogP contribution in [0.3, 0.4) is 0 Å². The normalized spacial score (nSPS) is 10.5. The third-order valence-electron chi connectivity index (χ3n) is 3.54. The molecule has 0 aliphatic heterocycles. The summed E-state index contributed by atoms with van der Waals surface area (Å²) in [7, 11) is 0. The van der Waals surface area contributed by atoms with E-state index in [2.05, 4.69) is 5.32 Å². The van der Waals surface area contributed by atoms with Crippen LogP contribution in [-0.4, -0.2) is 15.4 Å². The van der Waals surface area contributed by atoms with Crippen molar-refractivity contribution < 1.29 is 4.79 Å². The van der Waals surface area contributed by atoms with Crippen molar-refractivity contribution in [3.63, 3.8) is 0 Å². The molecule has 0 aliphatic rings. The topological polar surface area (TPSA) is 82.1 Å². The van der Waals surface area contributed by atoms with Gasteiger partial charge in [0.05, 0.1) is 17.1 Å². The van der Waals surface area contributed by atoms with Crippen molar-refractivity contribution >= 4 is 11.7 Å². The first-order valence-corrected chi connectivity index (χ1v) is 7.11. The van der Waals surface area contributed by atoms with E-state index in [0.717, 1.165) is 5.69 Å². The second kappa shape index (κ2) is 5.84. The highest BCUT2D eigenvalue weighted by Gasteiger charge is 2.20. The number of hydrogen-bond acceptors (Lipinski definition) is 2. The maximum Gasteiger partial charge on any atom is 0.316 e. The number of para-hydroxylation sites is 2. The number of hydrogen-bond donors (Lipinski definition) is 2. The van der Waals surface area contributed by atoms with Crippen LogP contribution in [0.1, 0.15) is 5.69 Å². The van der Waals surface area contributed by atoms with Gasteiger partial charge in [0.15, 0.2) is 0 Å². The lowest BCUT2D eigenvalue weighted by Gasteiger charge is -2.13. The monoisotopic (exact) mass is 308 g/mol. The van der Waals surface area contributed by atoms with Crippen LogP contribution in [0, 0.1) is 6.92 Å². The number of amides is 2. The van der Waals surface area contributed by atoms with Crippen LogP contribution < -0.4 is 16.6 Å². The molecule has 0 unspecified atom stereocenters. The first-order valence-electron chi connectivity index (χ1n) is 7.11. The number of urea groups is 1. The Morgan fingerprint density at radius 2 is 1.39 bits per heavy atom. The molecule has 2 aromatic carbocycles. The van der Waals surface area contributed by atoms with Crippen LogP contribution in [-0.2, 0) is 0 Å². The summed E-state index contributed by atoms with van der Waals surface area (Å²) >= 11 is 0. The number of anilines is 1. The number of carbonyl (C=O) groups excluding carboxylic acids is 1. The maximum absolute atomic E-state index is 12.8. The highest BCUT2D eigenvalue weighted by atomic mass is 16.2. The Hall–Kier alpha value is -3.28. The molecule has 6 nitrogen and oxygen atoms in total. The van der Waals surface area contributed by atoms with E-state index in [4.69, 9.17) is 5.73 Å². The quantitative estimate of drug-likeness (QED) is 0.779. The largest absolute Gasteiger partial charge is 0.351 e. The Morgan fingerprint density at radius 1 is 0.913 bits per heavy atom. The van der Waals surface area contributed by atoms with Gasteiger partial charge in [-0.05, 0) is 31.2 Å². The van der Waals surface area contributed by atoms with Gasteiger partial charge < -0.3 is 11.1 Å². The third-order valence-corrected chi connectivity index (χ3v) is 3.54. The minimum atomic E-state index is -0.768. The van der Waals surface area contributed by atoms with E-state index in [-0.39, 0.29) is 11.2 Å². The van der Waals surface area contributed by atoms with Crippen LogP contribution in [0.2, 0.25) is 0 Å². The van der Waals surface area contributed by atoms with E-state index in [9.17, 15) is 9.59 Å². The molecule has 0 spiro atoms. The molecule has 116 valence electrons. The third kappa shape index (κ3) is 2.62. The van der Waals surface area contributed by atoms with Crippen molar-refractivity contribution in [2.45, 2.75) is 6.92 Å². The molecule has 0 saturated carbocycles. The van der Waals surface area contributed by atoms with Crippen molar-refractivity contribution in [3.8, 4) is 11.4 Å². The molecule has 0 atom stereocenters. The number of aromatic nitrogens is 2. The summed E-state index contributed by atoms with van der Waals surface area (Å²) in [5.74, 6) is 0. The Labute approximate surface area is 132 Å². The van der Waals surface area contributed by atoms with Crippen molar-refractivity contribution in [3.05, 3.63) is 76.7 Å². The smallest absolute Gasteiger partial charge is 0.316 e. The fourth-order valence-corrected chi connectivity index (χ4v) is 2.55. The van der Waals surface area contributed by atoms with Gasteiger partial charge in [0.1, 0.15) is 5.69 Å². The van der Waals surface area contributed by atoms with Crippen LogP contribution >= 0.6 is 0 Å². The molecule has 0 fully saturated rings. The standard InChI is InChI=1S/C17H16N4O2/c1-12-15(19-17(18)23)16(22)21(14-10-6-3-7-11-14)20(12)13-8-4-2-5-9-13/h2-11H,1H3,(H3,18,19,23). The number of nitrogens with two attached hydrogens (primary N) is 1. The van der Waals surface area contributed by atoms with Crippen molar-refractivity contribution in [1.29, 1.82) is 0 Å². The zero-order chi connectivity index (χ0) is 16.4. The molecule has 23 heavy (non-hydrogen) atoms. The molecule has 3 N–H and O–H groups in total. The average Bonchev–Trinajstić information content (AvgIpc) is 2.80. The minimum Gasteiger partial charge on any atom is -0.351 e. The molecular weight excluding hydrogens is 292 g/mol. The van der Waals surface area contributed by atoms with Crippen molar-refractivity contribution in [1.82, 2.24) is 9.36 Å². The molecule has 0 bridgehead atoms. The van der Waals surface area contributed by atoms with Gasteiger partial charge in [0, 0.05) is 0 Å². The number of carbonyl (C=O) groups is 1. The Bertz CT molecular complexity index is 896. The predicted molar refractivity (Wildman–Crippen MR) is 89.3 cm³/mol.